The fourth-order valence-corrected chi connectivity index (χ4v) is 3.57. The van der Waals surface area contributed by atoms with Crippen molar-refractivity contribution in [3.05, 3.63) is 34.9 Å². The molecule has 1 aromatic carbocycles. The zero-order valence-corrected chi connectivity index (χ0v) is 13.6. The van der Waals surface area contributed by atoms with Gasteiger partial charge in [0.1, 0.15) is 11.6 Å². The number of hydrogen-bond donors (Lipinski definition) is 1. The molecule has 2 N–H and O–H groups in total. The highest BCUT2D eigenvalue weighted by molar-refractivity contribution is 5.33. The van der Waals surface area contributed by atoms with Gasteiger partial charge in [0.15, 0.2) is 0 Å². The molecule has 118 valence electrons. The normalized spacial score (nSPS) is 26.9. The molecule has 0 bridgehead atoms. The summed E-state index contributed by atoms with van der Waals surface area (Å²) in [6.07, 6.45) is 4.29. The van der Waals surface area contributed by atoms with Gasteiger partial charge in [-0.25, -0.2) is 8.78 Å². The monoisotopic (exact) mass is 295 g/mol. The summed E-state index contributed by atoms with van der Waals surface area (Å²) in [5.74, 6) is -0.394. The van der Waals surface area contributed by atoms with Crippen molar-refractivity contribution < 1.29 is 8.78 Å². The molecule has 1 saturated carbocycles. The van der Waals surface area contributed by atoms with Crippen molar-refractivity contribution >= 4 is 0 Å². The zero-order valence-electron chi connectivity index (χ0n) is 13.6. The molecule has 21 heavy (non-hydrogen) atoms. The molecular formula is C18H27F2N. The van der Waals surface area contributed by atoms with Gasteiger partial charge in [-0.05, 0) is 55.6 Å². The van der Waals surface area contributed by atoms with E-state index in [1.807, 2.05) is 0 Å². The van der Waals surface area contributed by atoms with Crippen LogP contribution in [0.15, 0.2) is 12.1 Å². The minimum atomic E-state index is -0.861. The highest BCUT2D eigenvalue weighted by atomic mass is 19.1. The lowest BCUT2D eigenvalue weighted by molar-refractivity contribution is 0.112. The maximum atomic E-state index is 14.4. The lowest BCUT2D eigenvalue weighted by Crippen LogP contribution is -2.44. The average Bonchev–Trinajstić information content (AvgIpc) is 2.43. The standard InChI is InChI=1S/C18H27F2N/c1-5-17(3,4)13-8-10-18(21,11-9-13)15-14(19)7-6-12(2)16(15)20/h6-7,13H,5,8-11,21H2,1-4H3. The first-order valence-corrected chi connectivity index (χ1v) is 7.95. The van der Waals surface area contributed by atoms with Gasteiger partial charge in [-0.3, -0.25) is 0 Å². The molecular weight excluding hydrogens is 268 g/mol. The van der Waals surface area contributed by atoms with Gasteiger partial charge < -0.3 is 5.73 Å². The maximum Gasteiger partial charge on any atom is 0.134 e. The quantitative estimate of drug-likeness (QED) is 0.829. The van der Waals surface area contributed by atoms with Crippen LogP contribution < -0.4 is 5.73 Å². The van der Waals surface area contributed by atoms with Crippen LogP contribution in [0, 0.1) is 29.9 Å². The van der Waals surface area contributed by atoms with Crippen molar-refractivity contribution in [2.24, 2.45) is 17.1 Å². The lowest BCUT2D eigenvalue weighted by Gasteiger charge is -2.43. The third-order valence-electron chi connectivity index (χ3n) is 5.68. The Bertz CT molecular complexity index is 514. The Morgan fingerprint density at radius 2 is 1.81 bits per heavy atom. The smallest absolute Gasteiger partial charge is 0.134 e. The van der Waals surface area contributed by atoms with Crippen molar-refractivity contribution in [3.8, 4) is 0 Å². The van der Waals surface area contributed by atoms with Crippen LogP contribution in [-0.2, 0) is 5.54 Å². The van der Waals surface area contributed by atoms with Gasteiger partial charge in [0.25, 0.3) is 0 Å². The second-order valence-corrected chi connectivity index (χ2v) is 7.33. The number of hydrogen-bond acceptors (Lipinski definition) is 1. The van der Waals surface area contributed by atoms with Crippen molar-refractivity contribution in [2.75, 3.05) is 0 Å². The fourth-order valence-electron chi connectivity index (χ4n) is 3.57. The van der Waals surface area contributed by atoms with E-state index in [1.165, 1.54) is 12.1 Å². The van der Waals surface area contributed by atoms with Crippen LogP contribution in [-0.4, -0.2) is 0 Å². The zero-order chi connectivity index (χ0) is 15.8. The second-order valence-electron chi connectivity index (χ2n) is 7.33. The van der Waals surface area contributed by atoms with Gasteiger partial charge in [-0.15, -0.1) is 0 Å². The molecule has 0 spiro atoms. The maximum absolute atomic E-state index is 14.4. The van der Waals surface area contributed by atoms with Gasteiger partial charge in [0.05, 0.1) is 0 Å². The number of aryl methyl sites for hydroxylation is 1. The molecule has 2 rings (SSSR count). The van der Waals surface area contributed by atoms with Crippen LogP contribution in [0.25, 0.3) is 0 Å². The summed E-state index contributed by atoms with van der Waals surface area (Å²) in [5.41, 5.74) is 6.38. The van der Waals surface area contributed by atoms with Gasteiger partial charge in [-0.2, -0.15) is 0 Å². The molecule has 1 aromatic rings. The summed E-state index contributed by atoms with van der Waals surface area (Å²) in [6, 6.07) is 2.81. The Balaban J connectivity index is 2.26. The third-order valence-corrected chi connectivity index (χ3v) is 5.68. The molecule has 0 unspecified atom stereocenters. The number of benzene rings is 1. The minimum Gasteiger partial charge on any atom is -0.321 e. The van der Waals surface area contributed by atoms with Crippen LogP contribution in [0.2, 0.25) is 0 Å². The topological polar surface area (TPSA) is 26.0 Å². The van der Waals surface area contributed by atoms with E-state index in [4.69, 9.17) is 5.73 Å². The van der Waals surface area contributed by atoms with Crippen molar-refractivity contribution in [3.63, 3.8) is 0 Å². The van der Waals surface area contributed by atoms with Gasteiger partial charge in [0, 0.05) is 11.1 Å². The highest BCUT2D eigenvalue weighted by Crippen LogP contribution is 2.46. The summed E-state index contributed by atoms with van der Waals surface area (Å²) in [4.78, 5) is 0. The average molecular weight is 295 g/mol. The van der Waals surface area contributed by atoms with E-state index in [1.54, 1.807) is 6.92 Å². The fraction of sp³-hybridized carbons (Fsp3) is 0.667. The van der Waals surface area contributed by atoms with E-state index in [0.29, 0.717) is 24.3 Å². The van der Waals surface area contributed by atoms with Gasteiger partial charge in [0.2, 0.25) is 0 Å². The molecule has 0 aromatic heterocycles. The number of rotatable bonds is 3. The summed E-state index contributed by atoms with van der Waals surface area (Å²) < 4.78 is 28.5. The lowest BCUT2D eigenvalue weighted by atomic mass is 9.64. The van der Waals surface area contributed by atoms with Gasteiger partial charge >= 0.3 is 0 Å². The van der Waals surface area contributed by atoms with E-state index in [0.717, 1.165) is 19.3 Å². The minimum absolute atomic E-state index is 0.0928. The van der Waals surface area contributed by atoms with E-state index in [-0.39, 0.29) is 11.0 Å². The number of halogens is 2. The molecule has 0 aliphatic heterocycles. The Morgan fingerprint density at radius 3 is 2.33 bits per heavy atom. The van der Waals surface area contributed by atoms with Crippen LogP contribution in [0.4, 0.5) is 8.78 Å². The summed E-state index contributed by atoms with van der Waals surface area (Å²) in [6.45, 7) is 8.40. The van der Waals surface area contributed by atoms with E-state index in [2.05, 4.69) is 20.8 Å². The molecule has 0 amide bonds. The molecule has 1 fully saturated rings. The van der Waals surface area contributed by atoms with E-state index >= 15 is 0 Å². The van der Waals surface area contributed by atoms with Crippen molar-refractivity contribution in [2.45, 2.75) is 65.3 Å². The Hall–Kier alpha value is -0.960. The molecule has 0 radical (unpaired) electrons. The van der Waals surface area contributed by atoms with E-state index in [9.17, 15) is 8.78 Å². The van der Waals surface area contributed by atoms with Crippen molar-refractivity contribution in [1.82, 2.24) is 0 Å². The Morgan fingerprint density at radius 1 is 1.24 bits per heavy atom. The molecule has 0 saturated heterocycles. The Labute approximate surface area is 126 Å². The predicted octanol–water partition coefficient (Wildman–Crippen LogP) is 5.05. The largest absolute Gasteiger partial charge is 0.321 e. The predicted molar refractivity (Wildman–Crippen MR) is 83.0 cm³/mol. The molecule has 1 nitrogen and oxygen atoms in total. The van der Waals surface area contributed by atoms with Crippen LogP contribution in [0.5, 0.6) is 0 Å². The van der Waals surface area contributed by atoms with E-state index < -0.39 is 17.2 Å². The van der Waals surface area contributed by atoms with Gasteiger partial charge in [-0.1, -0.05) is 33.3 Å². The SMILES string of the molecule is CCC(C)(C)C1CCC(N)(c2c(F)ccc(C)c2F)CC1. The first kappa shape index (κ1) is 16.4. The second kappa shape index (κ2) is 5.68. The molecule has 3 heteroatoms. The van der Waals surface area contributed by atoms with Crippen LogP contribution >= 0.6 is 0 Å². The molecule has 1 aliphatic carbocycles. The molecule has 1 aliphatic rings. The summed E-state index contributed by atoms with van der Waals surface area (Å²) in [7, 11) is 0. The third kappa shape index (κ3) is 2.98. The summed E-state index contributed by atoms with van der Waals surface area (Å²) in [5, 5.41) is 0. The van der Waals surface area contributed by atoms with Crippen LogP contribution in [0.1, 0.15) is 64.0 Å². The molecule has 0 atom stereocenters. The number of nitrogens with two attached hydrogens (primary N) is 1. The summed E-state index contributed by atoms with van der Waals surface area (Å²) >= 11 is 0. The first-order chi connectivity index (χ1) is 9.71. The van der Waals surface area contributed by atoms with Crippen LogP contribution in [0.3, 0.4) is 0 Å². The first-order valence-electron chi connectivity index (χ1n) is 7.95. The molecule has 0 heterocycles. The van der Waals surface area contributed by atoms with Crippen molar-refractivity contribution in [1.29, 1.82) is 0 Å². The Kier molecular flexibility index (Phi) is 4.44. The highest BCUT2D eigenvalue weighted by Gasteiger charge is 2.41.